The fourth-order valence-electron chi connectivity index (χ4n) is 2.23. The molecule has 2 rings (SSSR count). The molecule has 1 fully saturated rings. The van der Waals surface area contributed by atoms with Crippen molar-refractivity contribution >= 4 is 5.78 Å². The van der Waals surface area contributed by atoms with Gasteiger partial charge < -0.3 is 4.90 Å². The van der Waals surface area contributed by atoms with Crippen LogP contribution in [0.5, 0.6) is 0 Å². The van der Waals surface area contributed by atoms with Crippen molar-refractivity contribution in [3.05, 3.63) is 35.6 Å². The molecular formula is C14H19FN2O. The minimum absolute atomic E-state index is 0.127. The van der Waals surface area contributed by atoms with E-state index in [1.165, 1.54) is 6.07 Å². The number of nitrogens with zero attached hydrogens (tertiary/aromatic N) is 2. The molecule has 0 spiro atoms. The number of halogens is 1. The number of ketones is 1. The van der Waals surface area contributed by atoms with Crippen LogP contribution in [0.15, 0.2) is 24.3 Å². The van der Waals surface area contributed by atoms with Crippen LogP contribution in [0.25, 0.3) is 0 Å². The molecule has 1 aliphatic heterocycles. The third-order valence-electron chi connectivity index (χ3n) is 3.35. The average molecular weight is 250 g/mol. The minimum atomic E-state index is -0.422. The Balaban J connectivity index is 1.97. The van der Waals surface area contributed by atoms with Gasteiger partial charge in [0.15, 0.2) is 5.78 Å². The minimum Gasteiger partial charge on any atom is -0.305 e. The molecule has 1 saturated heterocycles. The maximum atomic E-state index is 13.5. The summed E-state index contributed by atoms with van der Waals surface area (Å²) < 4.78 is 13.5. The summed E-state index contributed by atoms with van der Waals surface area (Å²) in [5.41, 5.74) is 0.204. The molecule has 4 heteroatoms. The summed E-state index contributed by atoms with van der Waals surface area (Å²) in [5.74, 6) is -0.549. The number of benzene rings is 1. The van der Waals surface area contributed by atoms with Crippen molar-refractivity contribution in [3.8, 4) is 0 Å². The number of hydrogen-bond donors (Lipinski definition) is 0. The number of carbonyl (C=O) groups is 1. The first-order chi connectivity index (χ1) is 8.66. The van der Waals surface area contributed by atoms with E-state index in [1.54, 1.807) is 18.2 Å². The van der Waals surface area contributed by atoms with Gasteiger partial charge in [-0.2, -0.15) is 0 Å². The van der Waals surface area contributed by atoms with Gasteiger partial charge in [-0.15, -0.1) is 0 Å². The standard InChI is InChI=1S/C14H19FN2O/c1-16-7-4-8-17(10-9-16)11-14(18)12-5-2-3-6-13(12)15/h2-3,5-6H,4,7-11H2,1H3. The first-order valence-corrected chi connectivity index (χ1v) is 6.35. The second-order valence-corrected chi connectivity index (χ2v) is 4.84. The third kappa shape index (κ3) is 3.37. The highest BCUT2D eigenvalue weighted by Crippen LogP contribution is 2.09. The number of Topliss-reactive ketones (excluding diaryl/α,β-unsaturated/α-hetero) is 1. The van der Waals surface area contributed by atoms with Crippen molar-refractivity contribution in [3.63, 3.8) is 0 Å². The summed E-state index contributed by atoms with van der Waals surface area (Å²) in [6.45, 7) is 4.12. The van der Waals surface area contributed by atoms with Crippen LogP contribution in [0.3, 0.4) is 0 Å². The Kier molecular flexibility index (Phi) is 4.44. The van der Waals surface area contributed by atoms with Crippen molar-refractivity contribution in [2.75, 3.05) is 39.8 Å². The Labute approximate surface area is 107 Å². The Bertz CT molecular complexity index is 422. The predicted octanol–water partition coefficient (Wildman–Crippen LogP) is 1.65. The maximum Gasteiger partial charge on any atom is 0.179 e. The second kappa shape index (κ2) is 6.07. The van der Waals surface area contributed by atoms with Crippen LogP contribution in [0.2, 0.25) is 0 Å². The summed E-state index contributed by atoms with van der Waals surface area (Å²) in [6.07, 6.45) is 1.06. The van der Waals surface area contributed by atoms with Gasteiger partial charge in [0.1, 0.15) is 5.82 Å². The molecule has 0 radical (unpaired) electrons. The topological polar surface area (TPSA) is 23.6 Å². The zero-order valence-electron chi connectivity index (χ0n) is 10.7. The fraction of sp³-hybridized carbons (Fsp3) is 0.500. The first kappa shape index (κ1) is 13.2. The molecule has 0 unspecified atom stereocenters. The molecule has 98 valence electrons. The van der Waals surface area contributed by atoms with E-state index in [4.69, 9.17) is 0 Å². The van der Waals surface area contributed by atoms with Gasteiger partial charge in [-0.1, -0.05) is 12.1 Å². The molecular weight excluding hydrogens is 231 g/mol. The molecule has 1 heterocycles. The molecule has 1 aromatic rings. The van der Waals surface area contributed by atoms with Crippen LogP contribution in [-0.2, 0) is 0 Å². The van der Waals surface area contributed by atoms with Gasteiger partial charge in [-0.05, 0) is 38.7 Å². The number of hydrogen-bond acceptors (Lipinski definition) is 3. The second-order valence-electron chi connectivity index (χ2n) is 4.84. The predicted molar refractivity (Wildman–Crippen MR) is 69.3 cm³/mol. The van der Waals surface area contributed by atoms with E-state index in [1.807, 2.05) is 0 Å². The molecule has 0 aromatic heterocycles. The summed E-state index contributed by atoms with van der Waals surface area (Å²) in [4.78, 5) is 16.4. The van der Waals surface area contributed by atoms with E-state index in [0.29, 0.717) is 6.54 Å². The van der Waals surface area contributed by atoms with E-state index >= 15 is 0 Å². The smallest absolute Gasteiger partial charge is 0.179 e. The number of likely N-dealkylation sites (N-methyl/N-ethyl adjacent to an activating group) is 1. The Morgan fingerprint density at radius 3 is 2.78 bits per heavy atom. The highest BCUT2D eigenvalue weighted by atomic mass is 19.1. The molecule has 0 N–H and O–H groups in total. The summed E-state index contributed by atoms with van der Waals surface area (Å²) >= 11 is 0. The van der Waals surface area contributed by atoms with Crippen molar-refractivity contribution < 1.29 is 9.18 Å². The molecule has 0 aliphatic carbocycles. The largest absolute Gasteiger partial charge is 0.305 e. The lowest BCUT2D eigenvalue weighted by Gasteiger charge is -2.19. The van der Waals surface area contributed by atoms with Crippen molar-refractivity contribution in [2.24, 2.45) is 0 Å². The molecule has 1 aliphatic rings. The quantitative estimate of drug-likeness (QED) is 0.762. The normalized spacial score (nSPS) is 18.6. The van der Waals surface area contributed by atoms with E-state index < -0.39 is 5.82 Å². The van der Waals surface area contributed by atoms with Crippen LogP contribution >= 0.6 is 0 Å². The summed E-state index contributed by atoms with van der Waals surface area (Å²) in [5, 5.41) is 0. The Morgan fingerprint density at radius 2 is 2.00 bits per heavy atom. The van der Waals surface area contributed by atoms with E-state index in [-0.39, 0.29) is 11.3 Å². The van der Waals surface area contributed by atoms with Crippen LogP contribution < -0.4 is 0 Å². The van der Waals surface area contributed by atoms with Crippen LogP contribution in [0.4, 0.5) is 4.39 Å². The Morgan fingerprint density at radius 1 is 1.22 bits per heavy atom. The number of rotatable bonds is 3. The van der Waals surface area contributed by atoms with Crippen LogP contribution in [-0.4, -0.2) is 55.4 Å². The summed E-state index contributed by atoms with van der Waals surface area (Å²) in [7, 11) is 2.09. The van der Waals surface area contributed by atoms with Gasteiger partial charge in [0, 0.05) is 13.1 Å². The zero-order valence-corrected chi connectivity index (χ0v) is 10.7. The van der Waals surface area contributed by atoms with Gasteiger partial charge in [0.05, 0.1) is 12.1 Å². The van der Waals surface area contributed by atoms with Gasteiger partial charge in [0.25, 0.3) is 0 Å². The molecule has 0 amide bonds. The van der Waals surface area contributed by atoms with Gasteiger partial charge in [-0.3, -0.25) is 9.69 Å². The van der Waals surface area contributed by atoms with Crippen molar-refractivity contribution in [1.29, 1.82) is 0 Å². The highest BCUT2D eigenvalue weighted by molar-refractivity contribution is 5.97. The monoisotopic (exact) mass is 250 g/mol. The van der Waals surface area contributed by atoms with E-state index in [9.17, 15) is 9.18 Å². The molecule has 3 nitrogen and oxygen atoms in total. The van der Waals surface area contributed by atoms with Gasteiger partial charge in [-0.25, -0.2) is 4.39 Å². The third-order valence-corrected chi connectivity index (χ3v) is 3.35. The molecule has 1 aromatic carbocycles. The van der Waals surface area contributed by atoms with Gasteiger partial charge >= 0.3 is 0 Å². The zero-order chi connectivity index (χ0) is 13.0. The highest BCUT2D eigenvalue weighted by Gasteiger charge is 2.17. The van der Waals surface area contributed by atoms with Crippen molar-refractivity contribution in [1.82, 2.24) is 9.80 Å². The van der Waals surface area contributed by atoms with Crippen molar-refractivity contribution in [2.45, 2.75) is 6.42 Å². The maximum absolute atomic E-state index is 13.5. The number of carbonyl (C=O) groups excluding carboxylic acids is 1. The Hall–Kier alpha value is -1.26. The fourth-order valence-corrected chi connectivity index (χ4v) is 2.23. The molecule has 0 bridgehead atoms. The van der Waals surface area contributed by atoms with Crippen LogP contribution in [0, 0.1) is 5.82 Å². The van der Waals surface area contributed by atoms with Gasteiger partial charge in [0.2, 0.25) is 0 Å². The van der Waals surface area contributed by atoms with Crippen LogP contribution in [0.1, 0.15) is 16.8 Å². The van der Waals surface area contributed by atoms with E-state index in [0.717, 1.165) is 32.6 Å². The lowest BCUT2D eigenvalue weighted by Crippen LogP contribution is -2.33. The lowest BCUT2D eigenvalue weighted by atomic mass is 10.1. The summed E-state index contributed by atoms with van der Waals surface area (Å²) in [6, 6.07) is 6.20. The molecule has 0 atom stereocenters. The first-order valence-electron chi connectivity index (χ1n) is 6.35. The molecule has 18 heavy (non-hydrogen) atoms. The molecule has 0 saturated carbocycles. The lowest BCUT2D eigenvalue weighted by molar-refractivity contribution is 0.0929. The van der Waals surface area contributed by atoms with E-state index in [2.05, 4.69) is 16.8 Å². The average Bonchev–Trinajstić information content (AvgIpc) is 2.55. The SMILES string of the molecule is CN1CCCN(CC(=O)c2ccccc2F)CC1.